The molecule has 4 nitrogen and oxygen atoms in total. The van der Waals surface area contributed by atoms with Gasteiger partial charge in [-0.05, 0) is 24.6 Å². The summed E-state index contributed by atoms with van der Waals surface area (Å²) in [5.41, 5.74) is 0.119. The van der Waals surface area contributed by atoms with E-state index >= 15 is 0 Å². The standard InChI is InChI=1S/C15H17ClFNO3/c1-20-11-4-5-21-15(7-11)8-18(9-15)14(19)10-2-3-13(17)12(16)6-10/h2-3,6,11H,4-5,7-9H2,1H3. The summed E-state index contributed by atoms with van der Waals surface area (Å²) >= 11 is 5.72. The molecule has 114 valence electrons. The molecule has 2 heterocycles. The first-order valence-corrected chi connectivity index (χ1v) is 7.32. The van der Waals surface area contributed by atoms with E-state index < -0.39 is 5.82 Å². The van der Waals surface area contributed by atoms with Crippen LogP contribution in [0.4, 0.5) is 4.39 Å². The third-order valence-corrected chi connectivity index (χ3v) is 4.48. The quantitative estimate of drug-likeness (QED) is 0.842. The predicted molar refractivity (Wildman–Crippen MR) is 76.0 cm³/mol. The van der Waals surface area contributed by atoms with E-state index in [9.17, 15) is 9.18 Å². The smallest absolute Gasteiger partial charge is 0.254 e. The zero-order valence-corrected chi connectivity index (χ0v) is 12.5. The van der Waals surface area contributed by atoms with Gasteiger partial charge in [0.15, 0.2) is 0 Å². The summed E-state index contributed by atoms with van der Waals surface area (Å²) in [6, 6.07) is 4.03. The van der Waals surface area contributed by atoms with Gasteiger partial charge in [-0.2, -0.15) is 0 Å². The molecule has 0 aromatic heterocycles. The third-order valence-electron chi connectivity index (χ3n) is 4.19. The van der Waals surface area contributed by atoms with Crippen LogP contribution in [0.3, 0.4) is 0 Å². The van der Waals surface area contributed by atoms with E-state index in [-0.39, 0.29) is 22.6 Å². The van der Waals surface area contributed by atoms with Crippen LogP contribution in [0.1, 0.15) is 23.2 Å². The number of halogens is 2. The molecule has 1 aromatic carbocycles. The number of ether oxygens (including phenoxy) is 2. The third kappa shape index (κ3) is 2.78. The van der Waals surface area contributed by atoms with E-state index in [1.165, 1.54) is 18.2 Å². The highest BCUT2D eigenvalue weighted by Crippen LogP contribution is 2.36. The average molecular weight is 314 g/mol. The molecule has 0 radical (unpaired) electrons. The lowest BCUT2D eigenvalue weighted by atomic mass is 9.84. The molecular weight excluding hydrogens is 297 g/mol. The van der Waals surface area contributed by atoms with Crippen molar-refractivity contribution in [2.75, 3.05) is 26.8 Å². The number of carbonyl (C=O) groups excluding carboxylic acids is 1. The molecule has 1 amide bonds. The molecule has 21 heavy (non-hydrogen) atoms. The normalized spacial score (nSPS) is 24.0. The van der Waals surface area contributed by atoms with Crippen LogP contribution in [0, 0.1) is 5.82 Å². The van der Waals surface area contributed by atoms with E-state index in [0.717, 1.165) is 12.8 Å². The minimum absolute atomic E-state index is 0.0375. The molecule has 0 saturated carbocycles. The Labute approximate surface area is 127 Å². The van der Waals surface area contributed by atoms with Crippen molar-refractivity contribution in [2.45, 2.75) is 24.5 Å². The Morgan fingerprint density at radius 3 is 2.95 bits per heavy atom. The molecule has 2 fully saturated rings. The molecular formula is C15H17ClFNO3. The van der Waals surface area contributed by atoms with Crippen LogP contribution in [-0.4, -0.2) is 49.3 Å². The second-order valence-electron chi connectivity index (χ2n) is 5.67. The van der Waals surface area contributed by atoms with Gasteiger partial charge in [-0.3, -0.25) is 4.79 Å². The lowest BCUT2D eigenvalue weighted by molar-refractivity contribution is -0.181. The van der Waals surface area contributed by atoms with Gasteiger partial charge in [-0.15, -0.1) is 0 Å². The second kappa shape index (κ2) is 5.55. The van der Waals surface area contributed by atoms with Crippen molar-refractivity contribution in [1.29, 1.82) is 0 Å². The van der Waals surface area contributed by atoms with Crippen molar-refractivity contribution in [2.24, 2.45) is 0 Å². The number of methoxy groups -OCH3 is 1. The summed E-state index contributed by atoms with van der Waals surface area (Å²) in [7, 11) is 1.70. The van der Waals surface area contributed by atoms with Crippen LogP contribution in [0.15, 0.2) is 18.2 Å². The summed E-state index contributed by atoms with van der Waals surface area (Å²) in [5, 5.41) is -0.0375. The lowest BCUT2D eigenvalue weighted by Gasteiger charge is -2.52. The minimum Gasteiger partial charge on any atom is -0.381 e. The van der Waals surface area contributed by atoms with Gasteiger partial charge in [0.25, 0.3) is 5.91 Å². The van der Waals surface area contributed by atoms with Gasteiger partial charge in [0, 0.05) is 25.7 Å². The fourth-order valence-electron chi connectivity index (χ4n) is 3.01. The van der Waals surface area contributed by atoms with Crippen molar-refractivity contribution in [3.8, 4) is 0 Å². The van der Waals surface area contributed by atoms with Crippen molar-refractivity contribution in [3.05, 3.63) is 34.6 Å². The Morgan fingerprint density at radius 1 is 1.52 bits per heavy atom. The molecule has 1 atom stereocenters. The SMILES string of the molecule is COC1CCOC2(C1)CN(C(=O)c1ccc(F)c(Cl)c1)C2. The Hall–Kier alpha value is -1.17. The van der Waals surface area contributed by atoms with Gasteiger partial charge in [0.1, 0.15) is 11.4 Å². The van der Waals surface area contributed by atoms with Crippen molar-refractivity contribution >= 4 is 17.5 Å². The molecule has 1 unspecified atom stereocenters. The van der Waals surface area contributed by atoms with E-state index in [0.29, 0.717) is 25.3 Å². The first kappa shape index (κ1) is 14.8. The van der Waals surface area contributed by atoms with E-state index in [1.54, 1.807) is 12.0 Å². The molecule has 1 spiro atoms. The monoisotopic (exact) mass is 313 g/mol. The summed E-state index contributed by atoms with van der Waals surface area (Å²) in [6.07, 6.45) is 1.88. The molecule has 2 aliphatic rings. The van der Waals surface area contributed by atoms with Gasteiger partial charge in [0.05, 0.1) is 24.2 Å². The van der Waals surface area contributed by atoms with Gasteiger partial charge in [-0.1, -0.05) is 11.6 Å². The number of carbonyl (C=O) groups is 1. The predicted octanol–water partition coefficient (Wildman–Crippen LogP) is 2.50. The summed E-state index contributed by atoms with van der Waals surface area (Å²) < 4.78 is 24.4. The van der Waals surface area contributed by atoms with Crippen LogP contribution in [0.2, 0.25) is 5.02 Å². The maximum absolute atomic E-state index is 13.1. The van der Waals surface area contributed by atoms with Crippen LogP contribution in [-0.2, 0) is 9.47 Å². The van der Waals surface area contributed by atoms with Gasteiger partial charge in [0.2, 0.25) is 0 Å². The Bertz CT molecular complexity index is 560. The molecule has 2 saturated heterocycles. The molecule has 2 aliphatic heterocycles. The zero-order chi connectivity index (χ0) is 15.0. The first-order chi connectivity index (χ1) is 10.0. The molecule has 0 bridgehead atoms. The molecule has 1 aromatic rings. The van der Waals surface area contributed by atoms with Gasteiger partial charge < -0.3 is 14.4 Å². The number of likely N-dealkylation sites (tertiary alicyclic amines) is 1. The second-order valence-corrected chi connectivity index (χ2v) is 6.08. The van der Waals surface area contributed by atoms with E-state index in [2.05, 4.69) is 0 Å². The fourth-order valence-corrected chi connectivity index (χ4v) is 3.19. The van der Waals surface area contributed by atoms with Crippen LogP contribution in [0.5, 0.6) is 0 Å². The number of amides is 1. The topological polar surface area (TPSA) is 38.8 Å². The first-order valence-electron chi connectivity index (χ1n) is 6.94. The summed E-state index contributed by atoms with van der Waals surface area (Å²) in [6.45, 7) is 1.74. The van der Waals surface area contributed by atoms with Crippen LogP contribution < -0.4 is 0 Å². The fraction of sp³-hybridized carbons (Fsp3) is 0.533. The van der Waals surface area contributed by atoms with Crippen LogP contribution in [0.25, 0.3) is 0 Å². The van der Waals surface area contributed by atoms with Crippen LogP contribution >= 0.6 is 11.6 Å². The van der Waals surface area contributed by atoms with E-state index in [4.69, 9.17) is 21.1 Å². The van der Waals surface area contributed by atoms with Crippen molar-refractivity contribution < 1.29 is 18.7 Å². The largest absolute Gasteiger partial charge is 0.381 e. The maximum Gasteiger partial charge on any atom is 0.254 e. The van der Waals surface area contributed by atoms with Crippen molar-refractivity contribution in [1.82, 2.24) is 4.90 Å². The van der Waals surface area contributed by atoms with E-state index in [1.807, 2.05) is 0 Å². The highest BCUT2D eigenvalue weighted by atomic mass is 35.5. The number of hydrogen-bond acceptors (Lipinski definition) is 3. The summed E-state index contributed by atoms with van der Waals surface area (Å²) in [5.74, 6) is -0.669. The number of nitrogens with zero attached hydrogens (tertiary/aromatic N) is 1. The van der Waals surface area contributed by atoms with Gasteiger partial charge in [-0.25, -0.2) is 4.39 Å². The Morgan fingerprint density at radius 2 is 2.29 bits per heavy atom. The Balaban J connectivity index is 1.65. The number of benzene rings is 1. The number of hydrogen-bond donors (Lipinski definition) is 0. The Kier molecular flexibility index (Phi) is 3.90. The number of rotatable bonds is 2. The highest BCUT2D eigenvalue weighted by Gasteiger charge is 2.49. The summed E-state index contributed by atoms with van der Waals surface area (Å²) in [4.78, 5) is 14.0. The molecule has 3 rings (SSSR count). The average Bonchev–Trinajstić information content (AvgIpc) is 2.47. The minimum atomic E-state index is -0.521. The van der Waals surface area contributed by atoms with Crippen molar-refractivity contribution in [3.63, 3.8) is 0 Å². The molecule has 0 N–H and O–H groups in total. The molecule has 6 heteroatoms. The highest BCUT2D eigenvalue weighted by molar-refractivity contribution is 6.31. The molecule has 0 aliphatic carbocycles. The lowest BCUT2D eigenvalue weighted by Crippen LogP contribution is -2.67. The zero-order valence-electron chi connectivity index (χ0n) is 11.8. The maximum atomic E-state index is 13.1. The van der Waals surface area contributed by atoms with Gasteiger partial charge >= 0.3 is 0 Å².